The number of carbonyl (C=O) groups excluding carboxylic acids is 1. The zero-order chi connectivity index (χ0) is 23.2. The first-order valence-electron chi connectivity index (χ1n) is 11.7. The van der Waals surface area contributed by atoms with Crippen LogP contribution in [-0.2, 0) is 11.3 Å². The summed E-state index contributed by atoms with van der Waals surface area (Å²) in [5, 5.41) is 10.2. The van der Waals surface area contributed by atoms with Gasteiger partial charge in [0, 0.05) is 56.8 Å². The van der Waals surface area contributed by atoms with Gasteiger partial charge in [-0.2, -0.15) is 15.0 Å². The van der Waals surface area contributed by atoms with Crippen LogP contribution >= 0.6 is 11.6 Å². The zero-order valence-corrected chi connectivity index (χ0v) is 20.1. The van der Waals surface area contributed by atoms with Crippen LogP contribution in [0.4, 0.5) is 17.8 Å². The average molecular weight is 473 g/mol. The maximum Gasteiger partial charge on any atom is 0.232 e. The van der Waals surface area contributed by atoms with Crippen molar-refractivity contribution < 1.29 is 4.79 Å². The molecule has 4 rings (SSSR count). The molecule has 2 aliphatic rings. The van der Waals surface area contributed by atoms with Gasteiger partial charge in [-0.3, -0.25) is 4.79 Å². The SMILES string of the molecule is CNc1nc(NC2CCCC(C(=O)NCc3ccccc3Cl)C2)nc(N2CCN(C)CC2)n1. The molecule has 9 nitrogen and oxygen atoms in total. The van der Waals surface area contributed by atoms with E-state index in [-0.39, 0.29) is 17.9 Å². The van der Waals surface area contributed by atoms with Gasteiger partial charge in [0.1, 0.15) is 0 Å². The first-order chi connectivity index (χ1) is 16.0. The highest BCUT2D eigenvalue weighted by molar-refractivity contribution is 6.31. The number of nitrogens with one attached hydrogen (secondary N) is 3. The summed E-state index contributed by atoms with van der Waals surface area (Å²) in [6.45, 7) is 4.19. The lowest BCUT2D eigenvalue weighted by Gasteiger charge is -2.33. The second-order valence-corrected chi connectivity index (χ2v) is 9.24. The molecule has 0 spiro atoms. The number of anilines is 3. The molecule has 2 aromatic rings. The Morgan fingerprint density at radius 1 is 1.09 bits per heavy atom. The van der Waals surface area contributed by atoms with Crippen LogP contribution in [0.5, 0.6) is 0 Å². The van der Waals surface area contributed by atoms with E-state index in [2.05, 4.69) is 42.8 Å². The number of rotatable bonds is 7. The fraction of sp³-hybridized carbons (Fsp3) is 0.565. The standard InChI is InChI=1S/C23H33ClN8O/c1-25-21-28-22(30-23(29-21)32-12-10-31(2)11-13-32)27-18-8-5-7-16(14-18)20(33)26-15-17-6-3-4-9-19(17)24/h3-4,6,9,16,18H,5,7-8,10-15H2,1-2H3,(H,26,33)(H2,25,27,28,29,30). The van der Waals surface area contributed by atoms with Gasteiger partial charge in [-0.1, -0.05) is 36.2 Å². The van der Waals surface area contributed by atoms with Crippen molar-refractivity contribution in [3.63, 3.8) is 0 Å². The molecule has 0 bridgehead atoms. The smallest absolute Gasteiger partial charge is 0.232 e. The molecule has 10 heteroatoms. The summed E-state index contributed by atoms with van der Waals surface area (Å²) < 4.78 is 0. The highest BCUT2D eigenvalue weighted by atomic mass is 35.5. The van der Waals surface area contributed by atoms with E-state index in [9.17, 15) is 4.79 Å². The third-order valence-corrected chi connectivity index (χ3v) is 6.79. The van der Waals surface area contributed by atoms with Crippen molar-refractivity contribution in [2.24, 2.45) is 5.92 Å². The van der Waals surface area contributed by atoms with E-state index >= 15 is 0 Å². The van der Waals surface area contributed by atoms with Gasteiger partial charge in [0.05, 0.1) is 0 Å². The molecule has 1 aromatic heterocycles. The molecule has 1 amide bonds. The third kappa shape index (κ3) is 6.23. The van der Waals surface area contributed by atoms with Crippen LogP contribution in [-0.4, -0.2) is 72.1 Å². The summed E-state index contributed by atoms with van der Waals surface area (Å²) in [4.78, 5) is 31.1. The molecule has 33 heavy (non-hydrogen) atoms. The Morgan fingerprint density at radius 3 is 2.61 bits per heavy atom. The Kier molecular flexibility index (Phi) is 7.82. The minimum Gasteiger partial charge on any atom is -0.357 e. The van der Waals surface area contributed by atoms with E-state index in [0.29, 0.717) is 29.4 Å². The van der Waals surface area contributed by atoms with Crippen molar-refractivity contribution in [2.75, 3.05) is 55.8 Å². The summed E-state index contributed by atoms with van der Waals surface area (Å²) in [6.07, 6.45) is 3.60. The molecule has 1 saturated heterocycles. The Hall–Kier alpha value is -2.65. The maximum atomic E-state index is 12.8. The lowest BCUT2D eigenvalue weighted by molar-refractivity contribution is -0.126. The monoisotopic (exact) mass is 472 g/mol. The quantitative estimate of drug-likeness (QED) is 0.565. The van der Waals surface area contributed by atoms with Gasteiger partial charge in [-0.15, -0.1) is 0 Å². The maximum absolute atomic E-state index is 12.8. The largest absolute Gasteiger partial charge is 0.357 e. The number of nitrogens with zero attached hydrogens (tertiary/aromatic N) is 5. The van der Waals surface area contributed by atoms with Gasteiger partial charge in [-0.25, -0.2) is 0 Å². The average Bonchev–Trinajstić information content (AvgIpc) is 2.83. The van der Waals surface area contributed by atoms with Crippen LogP contribution in [0.1, 0.15) is 31.2 Å². The topological polar surface area (TPSA) is 98.3 Å². The van der Waals surface area contributed by atoms with E-state index < -0.39 is 0 Å². The van der Waals surface area contributed by atoms with Gasteiger partial charge in [-0.05, 0) is 37.9 Å². The number of piperazine rings is 1. The van der Waals surface area contributed by atoms with Crippen molar-refractivity contribution in [2.45, 2.75) is 38.3 Å². The predicted octanol–water partition coefficient (Wildman–Crippen LogP) is 2.61. The lowest BCUT2D eigenvalue weighted by Crippen LogP contribution is -2.45. The summed E-state index contributed by atoms with van der Waals surface area (Å²) in [6, 6.07) is 7.74. The van der Waals surface area contributed by atoms with Gasteiger partial charge in [0.2, 0.25) is 23.8 Å². The number of aromatic nitrogens is 3. The molecular formula is C23H33ClN8O. The van der Waals surface area contributed by atoms with Gasteiger partial charge >= 0.3 is 0 Å². The number of amides is 1. The molecule has 1 aliphatic heterocycles. The molecule has 3 N–H and O–H groups in total. The first kappa shape index (κ1) is 23.5. The van der Waals surface area contributed by atoms with Gasteiger partial charge in [0.15, 0.2) is 0 Å². The predicted molar refractivity (Wildman–Crippen MR) is 132 cm³/mol. The van der Waals surface area contributed by atoms with E-state index in [1.165, 1.54) is 0 Å². The van der Waals surface area contributed by atoms with E-state index in [1.807, 2.05) is 31.3 Å². The minimum atomic E-state index is -0.0403. The zero-order valence-electron chi connectivity index (χ0n) is 19.4. The summed E-state index contributed by atoms with van der Waals surface area (Å²) in [5.74, 6) is 1.83. The van der Waals surface area contributed by atoms with Crippen molar-refractivity contribution in [3.8, 4) is 0 Å². The Morgan fingerprint density at radius 2 is 1.85 bits per heavy atom. The van der Waals surface area contributed by atoms with Crippen LogP contribution in [0.3, 0.4) is 0 Å². The number of benzene rings is 1. The number of hydrogen-bond acceptors (Lipinski definition) is 8. The Bertz CT molecular complexity index is 950. The second-order valence-electron chi connectivity index (χ2n) is 8.84. The van der Waals surface area contributed by atoms with Crippen molar-refractivity contribution in [1.82, 2.24) is 25.2 Å². The van der Waals surface area contributed by atoms with Crippen LogP contribution in [0.25, 0.3) is 0 Å². The second kappa shape index (κ2) is 11.0. The van der Waals surface area contributed by atoms with Crippen LogP contribution in [0, 0.1) is 5.92 Å². The molecule has 2 heterocycles. The van der Waals surface area contributed by atoms with Gasteiger partial charge < -0.3 is 25.8 Å². The molecule has 2 unspecified atom stereocenters. The normalized spacial score (nSPS) is 21.5. The van der Waals surface area contributed by atoms with E-state index in [4.69, 9.17) is 16.6 Å². The van der Waals surface area contributed by atoms with Crippen molar-refractivity contribution in [3.05, 3.63) is 34.9 Å². The Labute approximate surface area is 200 Å². The lowest BCUT2D eigenvalue weighted by atomic mass is 9.85. The third-order valence-electron chi connectivity index (χ3n) is 6.42. The molecule has 2 fully saturated rings. The summed E-state index contributed by atoms with van der Waals surface area (Å²) >= 11 is 6.22. The van der Waals surface area contributed by atoms with Crippen LogP contribution in [0.2, 0.25) is 5.02 Å². The molecule has 178 valence electrons. The fourth-order valence-corrected chi connectivity index (χ4v) is 4.60. The molecule has 2 atom stereocenters. The summed E-state index contributed by atoms with van der Waals surface area (Å²) in [5.41, 5.74) is 0.930. The number of carbonyl (C=O) groups is 1. The fourth-order valence-electron chi connectivity index (χ4n) is 4.40. The summed E-state index contributed by atoms with van der Waals surface area (Å²) in [7, 11) is 3.94. The van der Waals surface area contributed by atoms with E-state index in [0.717, 1.165) is 57.4 Å². The highest BCUT2D eigenvalue weighted by Crippen LogP contribution is 2.27. The Balaban J connectivity index is 1.37. The number of halogens is 1. The van der Waals surface area contributed by atoms with Crippen LogP contribution < -0.4 is 20.9 Å². The van der Waals surface area contributed by atoms with E-state index in [1.54, 1.807) is 0 Å². The minimum absolute atomic E-state index is 0.0403. The molecular weight excluding hydrogens is 440 g/mol. The molecule has 0 radical (unpaired) electrons. The number of hydrogen-bond donors (Lipinski definition) is 3. The van der Waals surface area contributed by atoms with Crippen LogP contribution in [0.15, 0.2) is 24.3 Å². The molecule has 1 saturated carbocycles. The van der Waals surface area contributed by atoms with Gasteiger partial charge in [0.25, 0.3) is 0 Å². The molecule has 1 aromatic carbocycles. The molecule has 1 aliphatic carbocycles. The number of likely N-dealkylation sites (N-methyl/N-ethyl adjacent to an activating group) is 1. The first-order valence-corrected chi connectivity index (χ1v) is 12.0. The van der Waals surface area contributed by atoms with Crippen molar-refractivity contribution in [1.29, 1.82) is 0 Å². The highest BCUT2D eigenvalue weighted by Gasteiger charge is 2.28. The van der Waals surface area contributed by atoms with Crippen molar-refractivity contribution >= 4 is 35.4 Å².